The number of aromatic nitrogens is 1. The quantitative estimate of drug-likeness (QED) is 0.779. The van der Waals surface area contributed by atoms with Crippen molar-refractivity contribution in [1.82, 2.24) is 10.3 Å². The molecule has 0 saturated heterocycles. The molecule has 0 aliphatic carbocycles. The zero-order valence-corrected chi connectivity index (χ0v) is 12.1. The number of halogens is 2. The summed E-state index contributed by atoms with van der Waals surface area (Å²) in [5.74, 6) is 0.479. The molecule has 0 unspecified atom stereocenters. The highest BCUT2D eigenvalue weighted by Gasteiger charge is 2.02. The summed E-state index contributed by atoms with van der Waals surface area (Å²) in [6, 6.07) is 5.50. The van der Waals surface area contributed by atoms with Gasteiger partial charge in [-0.2, -0.15) is 0 Å². The van der Waals surface area contributed by atoms with Gasteiger partial charge in [0.1, 0.15) is 5.82 Å². The van der Waals surface area contributed by atoms with E-state index in [1.807, 2.05) is 19.1 Å². The first kappa shape index (κ1) is 19.5. The first-order valence-electron chi connectivity index (χ1n) is 5.15. The SMILES string of the molecule is COCCNCC(=O)Nc1cccc(C)n1.Cl.Cl. The highest BCUT2D eigenvalue weighted by molar-refractivity contribution is 5.91. The van der Waals surface area contributed by atoms with Gasteiger partial charge in [-0.1, -0.05) is 6.07 Å². The molecule has 0 radical (unpaired) electrons. The molecule has 1 heterocycles. The number of nitrogens with zero attached hydrogens (tertiary/aromatic N) is 1. The Kier molecular flexibility index (Phi) is 12.1. The monoisotopic (exact) mass is 295 g/mol. The average molecular weight is 296 g/mol. The van der Waals surface area contributed by atoms with Gasteiger partial charge < -0.3 is 15.4 Å². The molecule has 0 aliphatic heterocycles. The number of carbonyl (C=O) groups excluding carboxylic acids is 1. The predicted octanol–water partition coefficient (Wildman–Crippen LogP) is 1.41. The highest BCUT2D eigenvalue weighted by atomic mass is 35.5. The number of ether oxygens (including phenoxy) is 1. The molecular formula is C11H19Cl2N3O2. The summed E-state index contributed by atoms with van der Waals surface area (Å²) in [5.41, 5.74) is 0.880. The van der Waals surface area contributed by atoms with Crippen LogP contribution in [0.3, 0.4) is 0 Å². The van der Waals surface area contributed by atoms with E-state index in [-0.39, 0.29) is 37.3 Å². The molecule has 1 rings (SSSR count). The molecule has 18 heavy (non-hydrogen) atoms. The van der Waals surface area contributed by atoms with Gasteiger partial charge in [0.25, 0.3) is 0 Å². The maximum absolute atomic E-state index is 11.4. The molecule has 1 aromatic rings. The third-order valence-corrected chi connectivity index (χ3v) is 1.92. The van der Waals surface area contributed by atoms with Gasteiger partial charge >= 0.3 is 0 Å². The number of methoxy groups -OCH3 is 1. The molecule has 0 aliphatic rings. The molecule has 0 bridgehead atoms. The lowest BCUT2D eigenvalue weighted by Crippen LogP contribution is -2.30. The van der Waals surface area contributed by atoms with Crippen LogP contribution in [-0.4, -0.2) is 37.7 Å². The Bertz CT molecular complexity index is 351. The van der Waals surface area contributed by atoms with Gasteiger partial charge in [0.15, 0.2) is 0 Å². The van der Waals surface area contributed by atoms with E-state index in [4.69, 9.17) is 4.74 Å². The standard InChI is InChI=1S/C11H17N3O2.2ClH/c1-9-4-3-5-10(13-9)14-11(15)8-12-6-7-16-2;;/h3-5,12H,6-8H2,1-2H3,(H,13,14,15);2*1H. The van der Waals surface area contributed by atoms with Gasteiger partial charge in [-0.05, 0) is 19.1 Å². The van der Waals surface area contributed by atoms with Gasteiger partial charge in [-0.15, -0.1) is 24.8 Å². The van der Waals surface area contributed by atoms with Crippen LogP contribution in [0.15, 0.2) is 18.2 Å². The summed E-state index contributed by atoms with van der Waals surface area (Å²) < 4.78 is 4.85. The molecule has 0 spiro atoms. The normalized spacial score (nSPS) is 9.00. The Balaban J connectivity index is 0. The number of hydrogen-bond acceptors (Lipinski definition) is 4. The van der Waals surface area contributed by atoms with Crippen molar-refractivity contribution in [1.29, 1.82) is 0 Å². The first-order chi connectivity index (χ1) is 7.72. The molecule has 0 saturated carbocycles. The summed E-state index contributed by atoms with van der Waals surface area (Å²) in [5, 5.41) is 5.66. The van der Waals surface area contributed by atoms with Crippen LogP contribution in [-0.2, 0) is 9.53 Å². The maximum atomic E-state index is 11.4. The second kappa shape index (κ2) is 11.2. The van der Waals surface area contributed by atoms with Gasteiger partial charge in [-0.25, -0.2) is 4.98 Å². The molecule has 1 amide bonds. The van der Waals surface area contributed by atoms with Gasteiger partial charge in [0, 0.05) is 19.3 Å². The summed E-state index contributed by atoms with van der Waals surface area (Å²) in [6.07, 6.45) is 0. The molecule has 0 aromatic carbocycles. The third kappa shape index (κ3) is 8.25. The van der Waals surface area contributed by atoms with Crippen LogP contribution in [0.25, 0.3) is 0 Å². The van der Waals surface area contributed by atoms with Crippen molar-refractivity contribution in [2.24, 2.45) is 0 Å². The smallest absolute Gasteiger partial charge is 0.239 e. The van der Waals surface area contributed by atoms with E-state index in [1.54, 1.807) is 13.2 Å². The Hall–Kier alpha value is -0.880. The zero-order chi connectivity index (χ0) is 11.8. The Morgan fingerprint density at radius 1 is 1.39 bits per heavy atom. The Morgan fingerprint density at radius 2 is 2.11 bits per heavy atom. The first-order valence-corrected chi connectivity index (χ1v) is 5.15. The van der Waals surface area contributed by atoms with E-state index in [1.165, 1.54) is 0 Å². The molecule has 0 fully saturated rings. The van der Waals surface area contributed by atoms with Crippen molar-refractivity contribution >= 4 is 36.5 Å². The molecule has 1 aromatic heterocycles. The van der Waals surface area contributed by atoms with Crippen molar-refractivity contribution in [2.45, 2.75) is 6.92 Å². The minimum absolute atomic E-state index is 0. The number of carbonyl (C=O) groups is 1. The zero-order valence-electron chi connectivity index (χ0n) is 10.4. The number of amides is 1. The van der Waals surface area contributed by atoms with Crippen molar-refractivity contribution < 1.29 is 9.53 Å². The van der Waals surface area contributed by atoms with E-state index in [9.17, 15) is 4.79 Å². The minimum Gasteiger partial charge on any atom is -0.383 e. The van der Waals surface area contributed by atoms with Crippen LogP contribution >= 0.6 is 24.8 Å². The lowest BCUT2D eigenvalue weighted by molar-refractivity contribution is -0.115. The van der Waals surface area contributed by atoms with Crippen molar-refractivity contribution in [3.8, 4) is 0 Å². The predicted molar refractivity (Wildman–Crippen MR) is 76.8 cm³/mol. The number of nitrogens with one attached hydrogen (secondary N) is 2. The lowest BCUT2D eigenvalue weighted by atomic mass is 10.4. The number of anilines is 1. The van der Waals surface area contributed by atoms with Gasteiger partial charge in [0.05, 0.1) is 13.2 Å². The van der Waals surface area contributed by atoms with E-state index in [2.05, 4.69) is 15.6 Å². The summed E-state index contributed by atoms with van der Waals surface area (Å²) in [7, 11) is 1.62. The van der Waals surface area contributed by atoms with Crippen LogP contribution in [0.1, 0.15) is 5.69 Å². The summed E-state index contributed by atoms with van der Waals surface area (Å²) in [4.78, 5) is 15.6. The number of rotatable bonds is 6. The van der Waals surface area contributed by atoms with Crippen LogP contribution in [0, 0.1) is 6.92 Å². The van der Waals surface area contributed by atoms with E-state index in [0.717, 1.165) is 5.69 Å². The van der Waals surface area contributed by atoms with Gasteiger partial charge in [-0.3, -0.25) is 4.79 Å². The Labute approximate surface area is 120 Å². The fraction of sp³-hybridized carbons (Fsp3) is 0.455. The topological polar surface area (TPSA) is 63.2 Å². The van der Waals surface area contributed by atoms with Gasteiger partial charge in [0.2, 0.25) is 5.91 Å². The highest BCUT2D eigenvalue weighted by Crippen LogP contribution is 2.02. The Morgan fingerprint density at radius 3 is 2.72 bits per heavy atom. The second-order valence-electron chi connectivity index (χ2n) is 3.38. The minimum atomic E-state index is -0.103. The maximum Gasteiger partial charge on any atom is 0.239 e. The second-order valence-corrected chi connectivity index (χ2v) is 3.38. The summed E-state index contributed by atoms with van der Waals surface area (Å²) in [6.45, 7) is 3.40. The molecular weight excluding hydrogens is 277 g/mol. The molecule has 5 nitrogen and oxygen atoms in total. The average Bonchev–Trinajstić information content (AvgIpc) is 2.24. The van der Waals surface area contributed by atoms with Crippen LogP contribution < -0.4 is 10.6 Å². The number of hydrogen-bond donors (Lipinski definition) is 2. The third-order valence-electron chi connectivity index (χ3n) is 1.92. The molecule has 0 atom stereocenters. The summed E-state index contributed by atoms with van der Waals surface area (Å²) >= 11 is 0. The van der Waals surface area contributed by atoms with Crippen LogP contribution in [0.4, 0.5) is 5.82 Å². The van der Waals surface area contributed by atoms with Crippen molar-refractivity contribution in [2.75, 3.05) is 32.1 Å². The number of aryl methyl sites for hydroxylation is 1. The van der Waals surface area contributed by atoms with Crippen molar-refractivity contribution in [3.05, 3.63) is 23.9 Å². The van der Waals surface area contributed by atoms with Crippen LogP contribution in [0.2, 0.25) is 0 Å². The molecule has 104 valence electrons. The van der Waals surface area contributed by atoms with Crippen molar-refractivity contribution in [3.63, 3.8) is 0 Å². The lowest BCUT2D eigenvalue weighted by Gasteiger charge is -2.06. The van der Waals surface area contributed by atoms with E-state index in [0.29, 0.717) is 19.0 Å². The largest absolute Gasteiger partial charge is 0.383 e. The van der Waals surface area contributed by atoms with E-state index < -0.39 is 0 Å². The molecule has 2 N–H and O–H groups in total. The number of pyridine rings is 1. The molecule has 7 heteroatoms. The fourth-order valence-electron chi connectivity index (χ4n) is 1.18. The fourth-order valence-corrected chi connectivity index (χ4v) is 1.18. The van der Waals surface area contributed by atoms with E-state index >= 15 is 0 Å². The van der Waals surface area contributed by atoms with Crippen LogP contribution in [0.5, 0.6) is 0 Å².